The van der Waals surface area contributed by atoms with E-state index in [1.165, 1.54) is 44.6 Å². The van der Waals surface area contributed by atoms with Crippen molar-refractivity contribution in [2.75, 3.05) is 13.7 Å². The second-order valence-corrected chi connectivity index (χ2v) is 13.6. The fraction of sp³-hybridized carbons (Fsp3) is 0.913. The molecule has 1 saturated carbocycles. The van der Waals surface area contributed by atoms with Crippen LogP contribution in [0.2, 0.25) is 19.1 Å². The zero-order valence-electron chi connectivity index (χ0n) is 19.4. The van der Waals surface area contributed by atoms with E-state index < -0.39 is 8.32 Å². The third-order valence-corrected chi connectivity index (χ3v) is 8.86. The summed E-state index contributed by atoms with van der Waals surface area (Å²) in [5.41, 5.74) is 0. The summed E-state index contributed by atoms with van der Waals surface area (Å²) >= 11 is 0. The molecule has 0 aliphatic heterocycles. The topological polar surface area (TPSA) is 64.6 Å². The molecule has 5 nitrogen and oxygen atoms in total. The van der Waals surface area contributed by atoms with Crippen molar-refractivity contribution in [3.8, 4) is 0 Å². The number of ether oxygens (including phenoxy) is 1. The van der Waals surface area contributed by atoms with E-state index in [4.69, 9.17) is 9.16 Å². The Morgan fingerprint density at radius 3 is 2.00 bits per heavy atom. The van der Waals surface area contributed by atoms with Crippen LogP contribution in [0.3, 0.4) is 0 Å². The van der Waals surface area contributed by atoms with Crippen LogP contribution in [0.15, 0.2) is 0 Å². The monoisotopic (exact) mass is 427 g/mol. The number of unbranched alkanes of at least 4 members (excludes halogenated alkanes) is 7. The molecule has 29 heavy (non-hydrogen) atoms. The van der Waals surface area contributed by atoms with Crippen LogP contribution in [0.4, 0.5) is 0 Å². The van der Waals surface area contributed by atoms with Gasteiger partial charge in [0.15, 0.2) is 8.32 Å². The second-order valence-electron chi connectivity index (χ2n) is 9.16. The second kappa shape index (κ2) is 15.0. The molecule has 6 heteroatoms. The summed E-state index contributed by atoms with van der Waals surface area (Å²) in [6, 6.07) is 1.50. The highest BCUT2D eigenvalue weighted by Gasteiger charge is 2.27. The first-order chi connectivity index (χ1) is 13.9. The van der Waals surface area contributed by atoms with Crippen LogP contribution < -0.4 is 5.32 Å². The van der Waals surface area contributed by atoms with Crippen molar-refractivity contribution in [1.82, 2.24) is 5.32 Å². The summed E-state index contributed by atoms with van der Waals surface area (Å²) < 4.78 is 10.7. The molecule has 0 aromatic rings. The van der Waals surface area contributed by atoms with Gasteiger partial charge in [-0.15, -0.1) is 0 Å². The van der Waals surface area contributed by atoms with Gasteiger partial charge in [0.2, 0.25) is 5.91 Å². The molecule has 0 aromatic carbocycles. The molecule has 0 saturated heterocycles. The maximum Gasteiger partial charge on any atom is 0.308 e. The maximum absolute atomic E-state index is 12.1. The predicted octanol–water partition coefficient (Wildman–Crippen LogP) is 5.59. The van der Waals surface area contributed by atoms with Crippen LogP contribution in [0, 0.1) is 5.92 Å². The van der Waals surface area contributed by atoms with E-state index in [9.17, 15) is 9.59 Å². The quantitative estimate of drug-likeness (QED) is 0.210. The van der Waals surface area contributed by atoms with Crippen LogP contribution in [-0.2, 0) is 18.8 Å². The van der Waals surface area contributed by atoms with Crippen molar-refractivity contribution < 1.29 is 18.8 Å². The highest BCUT2D eigenvalue weighted by atomic mass is 28.4. The number of esters is 1. The number of nitrogens with one attached hydrogen (secondary N) is 1. The first kappa shape index (κ1) is 26.2. The number of rotatable bonds is 15. The lowest BCUT2D eigenvalue weighted by Gasteiger charge is -2.27. The van der Waals surface area contributed by atoms with Gasteiger partial charge in [-0.2, -0.15) is 0 Å². The molecule has 1 amide bonds. The number of amides is 1. The molecule has 1 aliphatic carbocycles. The first-order valence-electron chi connectivity index (χ1n) is 11.9. The smallest absolute Gasteiger partial charge is 0.308 e. The van der Waals surface area contributed by atoms with Crippen molar-refractivity contribution in [2.45, 2.75) is 116 Å². The molecule has 1 fully saturated rings. The van der Waals surface area contributed by atoms with Gasteiger partial charge in [-0.25, -0.2) is 0 Å². The Morgan fingerprint density at radius 2 is 1.45 bits per heavy atom. The lowest BCUT2D eigenvalue weighted by atomic mass is 9.86. The molecule has 0 unspecified atom stereocenters. The normalized spacial score (nSPS) is 19.7. The SMILES string of the molecule is CCOC(=O)C1CCC(NC(=O)CCCCCCCCCC[Si](C)(C)OC)CC1. The Hall–Kier alpha value is -0.883. The van der Waals surface area contributed by atoms with Gasteiger partial charge < -0.3 is 14.5 Å². The molecule has 0 bridgehead atoms. The van der Waals surface area contributed by atoms with Crippen LogP contribution in [0.5, 0.6) is 0 Å². The molecule has 170 valence electrons. The summed E-state index contributed by atoms with van der Waals surface area (Å²) in [7, 11) is 0.489. The lowest BCUT2D eigenvalue weighted by molar-refractivity contribution is -0.149. The van der Waals surface area contributed by atoms with Crippen molar-refractivity contribution in [3.05, 3.63) is 0 Å². The zero-order valence-corrected chi connectivity index (χ0v) is 20.4. The van der Waals surface area contributed by atoms with E-state index >= 15 is 0 Å². The van der Waals surface area contributed by atoms with E-state index in [0.717, 1.165) is 38.5 Å². The summed E-state index contributed by atoms with van der Waals surface area (Å²) in [4.78, 5) is 23.9. The molecular weight excluding hydrogens is 382 g/mol. The minimum absolute atomic E-state index is 0.0247. The number of hydrogen-bond acceptors (Lipinski definition) is 4. The molecule has 0 radical (unpaired) electrons. The van der Waals surface area contributed by atoms with Gasteiger partial charge in [0, 0.05) is 19.6 Å². The van der Waals surface area contributed by atoms with Gasteiger partial charge in [0.25, 0.3) is 0 Å². The fourth-order valence-electron chi connectivity index (χ4n) is 4.03. The minimum Gasteiger partial charge on any atom is -0.466 e. The lowest BCUT2D eigenvalue weighted by Crippen LogP contribution is -2.38. The number of carbonyl (C=O) groups is 2. The van der Waals surface area contributed by atoms with Crippen molar-refractivity contribution in [1.29, 1.82) is 0 Å². The minimum atomic E-state index is -1.36. The summed E-state index contributed by atoms with van der Waals surface area (Å²) in [5.74, 6) is 0.129. The van der Waals surface area contributed by atoms with Gasteiger partial charge in [0.1, 0.15) is 0 Å². The molecule has 1 aliphatic rings. The Balaban J connectivity index is 1.94. The van der Waals surface area contributed by atoms with Crippen LogP contribution >= 0.6 is 0 Å². The summed E-state index contributed by atoms with van der Waals surface area (Å²) in [5, 5.41) is 3.15. The third-order valence-electron chi connectivity index (χ3n) is 6.20. The Kier molecular flexibility index (Phi) is 13.5. The molecule has 1 rings (SSSR count). The van der Waals surface area contributed by atoms with Gasteiger partial charge in [0.05, 0.1) is 12.5 Å². The maximum atomic E-state index is 12.1. The van der Waals surface area contributed by atoms with Gasteiger partial charge in [-0.05, 0) is 58.2 Å². The van der Waals surface area contributed by atoms with Gasteiger partial charge >= 0.3 is 5.97 Å². The Labute approximate surface area is 179 Å². The van der Waals surface area contributed by atoms with E-state index in [1.54, 1.807) is 0 Å². The zero-order chi connectivity index (χ0) is 21.5. The summed E-state index contributed by atoms with van der Waals surface area (Å²) in [6.07, 6.45) is 14.0. The molecule has 0 aromatic heterocycles. The van der Waals surface area contributed by atoms with E-state index in [2.05, 4.69) is 18.4 Å². The largest absolute Gasteiger partial charge is 0.466 e. The molecule has 0 atom stereocenters. The average Bonchev–Trinajstić information content (AvgIpc) is 2.70. The van der Waals surface area contributed by atoms with E-state index in [1.807, 2.05) is 14.0 Å². The van der Waals surface area contributed by atoms with Crippen LogP contribution in [0.1, 0.15) is 90.4 Å². The Morgan fingerprint density at radius 1 is 0.897 bits per heavy atom. The Bertz CT molecular complexity index is 462. The van der Waals surface area contributed by atoms with Crippen molar-refractivity contribution >= 4 is 20.2 Å². The first-order valence-corrected chi connectivity index (χ1v) is 15.0. The van der Waals surface area contributed by atoms with E-state index in [0.29, 0.717) is 13.0 Å². The van der Waals surface area contributed by atoms with Gasteiger partial charge in [-0.3, -0.25) is 9.59 Å². The average molecular weight is 428 g/mol. The van der Waals surface area contributed by atoms with Crippen LogP contribution in [-0.4, -0.2) is 40.0 Å². The predicted molar refractivity (Wildman–Crippen MR) is 121 cm³/mol. The van der Waals surface area contributed by atoms with Gasteiger partial charge in [-0.1, -0.05) is 44.9 Å². The summed E-state index contributed by atoms with van der Waals surface area (Å²) in [6.45, 7) is 6.87. The standard InChI is InChI=1S/C23H45NO4Si/c1-5-28-23(26)20-15-17-21(18-16-20)24-22(25)14-12-10-8-6-7-9-11-13-19-29(3,4)27-2/h20-21H,5-19H2,1-4H3,(H,24,25). The molecule has 1 N–H and O–H groups in total. The fourth-order valence-corrected chi connectivity index (χ4v) is 5.34. The van der Waals surface area contributed by atoms with Crippen molar-refractivity contribution in [3.63, 3.8) is 0 Å². The van der Waals surface area contributed by atoms with E-state index in [-0.39, 0.29) is 23.8 Å². The number of carbonyl (C=O) groups excluding carboxylic acids is 2. The highest BCUT2D eigenvalue weighted by molar-refractivity contribution is 6.71. The molecule has 0 heterocycles. The number of hydrogen-bond donors (Lipinski definition) is 1. The van der Waals surface area contributed by atoms with Crippen molar-refractivity contribution in [2.24, 2.45) is 5.92 Å². The molecule has 0 spiro atoms. The highest BCUT2D eigenvalue weighted by Crippen LogP contribution is 2.25. The van der Waals surface area contributed by atoms with Crippen LogP contribution in [0.25, 0.3) is 0 Å². The third kappa shape index (κ3) is 12.4. The molecular formula is C23H45NO4Si.